The zero-order valence-corrected chi connectivity index (χ0v) is 10.5. The van der Waals surface area contributed by atoms with Crippen molar-refractivity contribution in [2.45, 2.75) is 6.42 Å². The van der Waals surface area contributed by atoms with Gasteiger partial charge in [0.25, 0.3) is 0 Å². The molecule has 0 amide bonds. The summed E-state index contributed by atoms with van der Waals surface area (Å²) >= 11 is 0. The molecule has 0 radical (unpaired) electrons. The maximum absolute atomic E-state index is 10.6. The summed E-state index contributed by atoms with van der Waals surface area (Å²) < 4.78 is 15.3. The normalized spacial score (nSPS) is 10.2. The molecule has 0 aliphatic heterocycles. The van der Waals surface area contributed by atoms with E-state index in [2.05, 4.69) is 5.16 Å². The van der Waals surface area contributed by atoms with Gasteiger partial charge in [-0.1, -0.05) is 5.16 Å². The van der Waals surface area contributed by atoms with Crippen LogP contribution in [0.15, 0.2) is 28.8 Å². The number of rotatable bonds is 5. The Bertz CT molecular complexity index is 590. The van der Waals surface area contributed by atoms with Crippen LogP contribution in [0, 0.1) is 0 Å². The van der Waals surface area contributed by atoms with Gasteiger partial charge >= 0.3 is 5.97 Å². The summed E-state index contributed by atoms with van der Waals surface area (Å²) in [7, 11) is 3.10. The number of carboxylic acids is 1. The van der Waals surface area contributed by atoms with Crippen LogP contribution >= 0.6 is 0 Å². The van der Waals surface area contributed by atoms with Crippen LogP contribution in [-0.2, 0) is 11.2 Å². The van der Waals surface area contributed by atoms with E-state index in [1.165, 1.54) is 7.11 Å². The van der Waals surface area contributed by atoms with Crippen LogP contribution < -0.4 is 9.47 Å². The summed E-state index contributed by atoms with van der Waals surface area (Å²) in [4.78, 5) is 10.6. The van der Waals surface area contributed by atoms with Crippen molar-refractivity contribution in [2.24, 2.45) is 0 Å². The molecule has 1 heterocycles. The number of ether oxygens (including phenoxy) is 2. The molecule has 100 valence electrons. The molecular weight excluding hydrogens is 250 g/mol. The van der Waals surface area contributed by atoms with E-state index in [9.17, 15) is 4.79 Å². The molecule has 0 atom stereocenters. The number of hydrogen-bond acceptors (Lipinski definition) is 5. The molecule has 6 nitrogen and oxygen atoms in total. The van der Waals surface area contributed by atoms with Crippen molar-refractivity contribution in [1.82, 2.24) is 5.16 Å². The average Bonchev–Trinajstić information content (AvgIpc) is 2.85. The first kappa shape index (κ1) is 12.9. The maximum atomic E-state index is 10.6. The van der Waals surface area contributed by atoms with Crippen LogP contribution in [0.3, 0.4) is 0 Å². The molecule has 2 aromatic rings. The first-order valence-corrected chi connectivity index (χ1v) is 5.54. The van der Waals surface area contributed by atoms with Gasteiger partial charge < -0.3 is 19.1 Å². The number of methoxy groups -OCH3 is 2. The second kappa shape index (κ2) is 5.43. The molecule has 1 aromatic carbocycles. The van der Waals surface area contributed by atoms with Crippen LogP contribution in [-0.4, -0.2) is 30.5 Å². The van der Waals surface area contributed by atoms with Crippen LogP contribution in [0.25, 0.3) is 11.3 Å². The maximum Gasteiger partial charge on any atom is 0.311 e. The monoisotopic (exact) mass is 263 g/mol. The Hall–Kier alpha value is -2.50. The number of aliphatic carboxylic acids is 1. The van der Waals surface area contributed by atoms with E-state index in [1.807, 2.05) is 0 Å². The lowest BCUT2D eigenvalue weighted by atomic mass is 10.1. The number of carbonyl (C=O) groups is 1. The summed E-state index contributed by atoms with van der Waals surface area (Å²) in [6.07, 6.45) is -0.203. The second-order valence-corrected chi connectivity index (χ2v) is 3.82. The summed E-state index contributed by atoms with van der Waals surface area (Å²) in [5.41, 5.74) is 1.24. The van der Waals surface area contributed by atoms with E-state index >= 15 is 0 Å². The van der Waals surface area contributed by atoms with Gasteiger partial charge in [0.15, 0.2) is 0 Å². The molecule has 2 rings (SSSR count). The van der Waals surface area contributed by atoms with Gasteiger partial charge in [-0.15, -0.1) is 0 Å². The van der Waals surface area contributed by atoms with Gasteiger partial charge in [0.1, 0.15) is 29.4 Å². The largest absolute Gasteiger partial charge is 0.497 e. The Morgan fingerprint density at radius 1 is 1.32 bits per heavy atom. The van der Waals surface area contributed by atoms with Gasteiger partial charge in [0.2, 0.25) is 0 Å². The molecule has 1 aromatic heterocycles. The van der Waals surface area contributed by atoms with Crippen LogP contribution in [0.5, 0.6) is 11.5 Å². The van der Waals surface area contributed by atoms with Crippen molar-refractivity contribution < 1.29 is 23.9 Å². The lowest BCUT2D eigenvalue weighted by Crippen LogP contribution is -1.97. The number of hydrogen-bond donors (Lipinski definition) is 1. The van der Waals surface area contributed by atoms with Crippen LogP contribution in [0.4, 0.5) is 0 Å². The minimum absolute atomic E-state index is 0.203. The minimum atomic E-state index is -0.968. The predicted molar refractivity (Wildman–Crippen MR) is 66.4 cm³/mol. The molecule has 1 N–H and O–H groups in total. The van der Waals surface area contributed by atoms with Crippen molar-refractivity contribution in [2.75, 3.05) is 14.2 Å². The summed E-state index contributed by atoms with van der Waals surface area (Å²) in [5, 5.41) is 12.5. The topological polar surface area (TPSA) is 81.8 Å². The number of nitrogens with zero attached hydrogens (tertiary/aromatic N) is 1. The molecule has 0 spiro atoms. The number of carboxylic acid groups (broad SMARTS) is 1. The highest BCUT2D eigenvalue weighted by molar-refractivity contribution is 5.72. The fraction of sp³-hybridized carbons (Fsp3) is 0.231. The van der Waals surface area contributed by atoms with E-state index in [-0.39, 0.29) is 6.42 Å². The highest BCUT2D eigenvalue weighted by Gasteiger charge is 2.14. The molecule has 0 saturated heterocycles. The van der Waals surface area contributed by atoms with Gasteiger partial charge in [0, 0.05) is 17.7 Å². The molecule has 0 bridgehead atoms. The Morgan fingerprint density at radius 2 is 2.11 bits per heavy atom. The predicted octanol–water partition coefficient (Wildman–Crippen LogP) is 1.99. The van der Waals surface area contributed by atoms with E-state index < -0.39 is 5.97 Å². The molecule has 6 heteroatoms. The Balaban J connectivity index is 2.35. The quantitative estimate of drug-likeness (QED) is 0.888. The highest BCUT2D eigenvalue weighted by atomic mass is 16.5. The van der Waals surface area contributed by atoms with Crippen molar-refractivity contribution in [1.29, 1.82) is 0 Å². The van der Waals surface area contributed by atoms with Gasteiger partial charge in [0.05, 0.1) is 14.2 Å². The van der Waals surface area contributed by atoms with Gasteiger partial charge in [-0.05, 0) is 12.1 Å². The lowest BCUT2D eigenvalue weighted by Gasteiger charge is -2.07. The Kier molecular flexibility index (Phi) is 3.70. The molecule has 0 unspecified atom stereocenters. The smallest absolute Gasteiger partial charge is 0.311 e. The van der Waals surface area contributed by atoms with Crippen molar-refractivity contribution in [3.05, 3.63) is 30.0 Å². The number of aromatic nitrogens is 1. The SMILES string of the molecule is COc1ccc(-c2cc(CC(=O)O)on2)c(OC)c1. The minimum Gasteiger partial charge on any atom is -0.497 e. The molecule has 0 aliphatic rings. The van der Waals surface area contributed by atoms with Crippen molar-refractivity contribution in [3.63, 3.8) is 0 Å². The van der Waals surface area contributed by atoms with Crippen molar-refractivity contribution >= 4 is 5.97 Å². The van der Waals surface area contributed by atoms with Crippen LogP contribution in [0.2, 0.25) is 0 Å². The van der Waals surface area contributed by atoms with Crippen molar-refractivity contribution in [3.8, 4) is 22.8 Å². The van der Waals surface area contributed by atoms with E-state index in [4.69, 9.17) is 19.1 Å². The Morgan fingerprint density at radius 3 is 2.74 bits per heavy atom. The second-order valence-electron chi connectivity index (χ2n) is 3.82. The standard InChI is InChI=1S/C13H13NO5/c1-17-8-3-4-10(12(6-8)18-2)11-5-9(19-14-11)7-13(15)16/h3-6H,7H2,1-2H3,(H,15,16). The zero-order chi connectivity index (χ0) is 13.8. The third-order valence-electron chi connectivity index (χ3n) is 2.57. The van der Waals surface area contributed by atoms with Gasteiger partial charge in [-0.3, -0.25) is 4.79 Å². The third-order valence-corrected chi connectivity index (χ3v) is 2.57. The van der Waals surface area contributed by atoms with Gasteiger partial charge in [-0.2, -0.15) is 0 Å². The lowest BCUT2D eigenvalue weighted by molar-refractivity contribution is -0.136. The van der Waals surface area contributed by atoms with E-state index in [0.29, 0.717) is 28.5 Å². The molecule has 0 saturated carbocycles. The average molecular weight is 263 g/mol. The summed E-state index contributed by atoms with van der Waals surface area (Å²) in [6.45, 7) is 0. The van der Waals surface area contributed by atoms with Gasteiger partial charge in [-0.25, -0.2) is 0 Å². The Labute approximate surface area is 109 Å². The van der Waals surface area contributed by atoms with E-state index in [1.54, 1.807) is 31.4 Å². The molecule has 19 heavy (non-hydrogen) atoms. The fourth-order valence-corrected chi connectivity index (χ4v) is 1.68. The van der Waals surface area contributed by atoms with Crippen LogP contribution in [0.1, 0.15) is 5.76 Å². The first-order valence-electron chi connectivity index (χ1n) is 5.54. The first-order chi connectivity index (χ1) is 9.13. The summed E-state index contributed by atoms with van der Waals surface area (Å²) in [5.74, 6) is 0.564. The fourth-order valence-electron chi connectivity index (χ4n) is 1.68. The molecule has 0 aliphatic carbocycles. The zero-order valence-electron chi connectivity index (χ0n) is 10.5. The summed E-state index contributed by atoms with van der Waals surface area (Å²) in [6, 6.07) is 6.85. The van der Waals surface area contributed by atoms with E-state index in [0.717, 1.165) is 0 Å². The number of benzene rings is 1. The molecular formula is C13H13NO5. The highest BCUT2D eigenvalue weighted by Crippen LogP contribution is 2.32. The molecule has 0 fully saturated rings. The third kappa shape index (κ3) is 2.85.